The summed E-state index contributed by atoms with van der Waals surface area (Å²) in [6.45, 7) is 3.46. The molecule has 1 aromatic rings. The zero-order valence-electron chi connectivity index (χ0n) is 9.80. The number of likely N-dealkylation sites (tertiary alicyclic amines) is 1. The second-order valence-corrected chi connectivity index (χ2v) is 4.93. The first-order chi connectivity index (χ1) is 8.34. The second kappa shape index (κ2) is 4.45. The van der Waals surface area contributed by atoms with Crippen LogP contribution in [0.2, 0.25) is 0 Å². The van der Waals surface area contributed by atoms with Crippen LogP contribution in [0.3, 0.4) is 0 Å². The number of carbonyl (C=O) groups is 1. The van der Waals surface area contributed by atoms with E-state index in [9.17, 15) is 4.79 Å². The number of piperidine rings is 1. The molecule has 1 amide bonds. The van der Waals surface area contributed by atoms with Crippen LogP contribution in [-0.2, 0) is 11.3 Å². The van der Waals surface area contributed by atoms with Gasteiger partial charge in [-0.25, -0.2) is 0 Å². The van der Waals surface area contributed by atoms with E-state index in [4.69, 9.17) is 0 Å². The highest BCUT2D eigenvalue weighted by molar-refractivity contribution is 5.80. The van der Waals surface area contributed by atoms with E-state index >= 15 is 0 Å². The van der Waals surface area contributed by atoms with Gasteiger partial charge in [0.25, 0.3) is 0 Å². The molecule has 0 bridgehead atoms. The van der Waals surface area contributed by atoms with Crippen LogP contribution in [0.5, 0.6) is 0 Å². The summed E-state index contributed by atoms with van der Waals surface area (Å²) in [6.07, 6.45) is 4.73. The Hall–Kier alpha value is -1.42. The summed E-state index contributed by atoms with van der Waals surface area (Å²) in [5, 5.41) is 3.32. The average molecular weight is 231 g/mol. The third-order valence-electron chi connectivity index (χ3n) is 3.83. The van der Waals surface area contributed by atoms with E-state index in [-0.39, 0.29) is 5.92 Å². The molecule has 0 aromatic carbocycles. The molecule has 1 aromatic heterocycles. The first-order valence-corrected chi connectivity index (χ1v) is 6.23. The number of hydrogen-bond donors (Lipinski definition) is 1. The number of amides is 1. The van der Waals surface area contributed by atoms with Crippen LogP contribution < -0.4 is 5.32 Å². The van der Waals surface area contributed by atoms with Crippen molar-refractivity contribution in [2.75, 3.05) is 19.6 Å². The summed E-state index contributed by atoms with van der Waals surface area (Å²) in [7, 11) is 0. The minimum absolute atomic E-state index is 0.209. The fourth-order valence-corrected chi connectivity index (χ4v) is 2.86. The van der Waals surface area contributed by atoms with Crippen molar-refractivity contribution in [1.82, 2.24) is 15.2 Å². The molecule has 4 heteroatoms. The lowest BCUT2D eigenvalue weighted by atomic mass is 9.88. The third kappa shape index (κ3) is 2.05. The zero-order chi connectivity index (χ0) is 11.7. The number of hydrogen-bond acceptors (Lipinski definition) is 3. The maximum atomic E-state index is 12.3. The quantitative estimate of drug-likeness (QED) is 0.813. The molecule has 17 heavy (non-hydrogen) atoms. The molecule has 0 radical (unpaired) electrons. The maximum Gasteiger partial charge on any atom is 0.227 e. The Morgan fingerprint density at radius 2 is 2.41 bits per heavy atom. The number of fused-ring (bicyclic) bond motifs is 1. The van der Waals surface area contributed by atoms with E-state index in [1.54, 1.807) is 6.20 Å². The summed E-state index contributed by atoms with van der Waals surface area (Å²) < 4.78 is 0. The van der Waals surface area contributed by atoms with E-state index in [2.05, 4.69) is 10.3 Å². The van der Waals surface area contributed by atoms with Gasteiger partial charge in [-0.2, -0.15) is 0 Å². The summed E-state index contributed by atoms with van der Waals surface area (Å²) in [5.41, 5.74) is 1.12. The molecular formula is C13H17N3O. The van der Waals surface area contributed by atoms with Crippen molar-refractivity contribution in [3.63, 3.8) is 0 Å². The van der Waals surface area contributed by atoms with Gasteiger partial charge in [0.1, 0.15) is 0 Å². The molecule has 3 heterocycles. The third-order valence-corrected chi connectivity index (χ3v) is 3.83. The molecule has 0 saturated carbocycles. The fraction of sp³-hybridized carbons (Fsp3) is 0.538. The fourth-order valence-electron chi connectivity index (χ4n) is 2.86. The average Bonchev–Trinajstić information content (AvgIpc) is 2.83. The Labute approximate surface area is 101 Å². The highest BCUT2D eigenvalue weighted by Gasteiger charge is 2.39. The SMILES string of the molecule is O=C1[C@@H]2CNC[C@@H]2CCN1Cc1cccnc1. The van der Waals surface area contributed by atoms with Gasteiger partial charge >= 0.3 is 0 Å². The van der Waals surface area contributed by atoms with Gasteiger partial charge in [0.15, 0.2) is 0 Å². The molecule has 0 aliphatic carbocycles. The predicted octanol–water partition coefficient (Wildman–Crippen LogP) is 0.649. The zero-order valence-corrected chi connectivity index (χ0v) is 9.80. The lowest BCUT2D eigenvalue weighted by Crippen LogP contribution is -2.44. The Morgan fingerprint density at radius 1 is 1.47 bits per heavy atom. The standard InChI is InChI=1S/C13H17N3O/c17-13-12-8-15-7-11(12)3-5-16(13)9-10-2-1-4-14-6-10/h1-2,4,6,11-12,15H,3,5,7-9H2/t11-,12+/m0/s1. The Balaban J connectivity index is 1.70. The van der Waals surface area contributed by atoms with Gasteiger partial charge in [0.05, 0.1) is 5.92 Å². The highest BCUT2D eigenvalue weighted by atomic mass is 16.2. The van der Waals surface area contributed by atoms with Crippen molar-refractivity contribution in [3.05, 3.63) is 30.1 Å². The van der Waals surface area contributed by atoms with Crippen LogP contribution >= 0.6 is 0 Å². The van der Waals surface area contributed by atoms with Crippen molar-refractivity contribution in [2.45, 2.75) is 13.0 Å². The normalized spacial score (nSPS) is 28.2. The van der Waals surface area contributed by atoms with Gasteiger partial charge in [-0.1, -0.05) is 6.07 Å². The number of pyridine rings is 1. The van der Waals surface area contributed by atoms with Gasteiger partial charge in [0, 0.05) is 32.0 Å². The molecule has 2 atom stereocenters. The number of nitrogens with one attached hydrogen (secondary N) is 1. The van der Waals surface area contributed by atoms with Crippen molar-refractivity contribution in [1.29, 1.82) is 0 Å². The highest BCUT2D eigenvalue weighted by Crippen LogP contribution is 2.28. The molecular weight excluding hydrogens is 214 g/mol. The van der Waals surface area contributed by atoms with Crippen LogP contribution in [0.25, 0.3) is 0 Å². The molecule has 4 nitrogen and oxygen atoms in total. The van der Waals surface area contributed by atoms with Gasteiger partial charge in [-0.3, -0.25) is 9.78 Å². The van der Waals surface area contributed by atoms with E-state index in [1.165, 1.54) is 0 Å². The van der Waals surface area contributed by atoms with Gasteiger partial charge in [0.2, 0.25) is 5.91 Å². The van der Waals surface area contributed by atoms with Crippen molar-refractivity contribution in [3.8, 4) is 0 Å². The summed E-state index contributed by atoms with van der Waals surface area (Å²) in [6, 6.07) is 3.95. The topological polar surface area (TPSA) is 45.2 Å². The van der Waals surface area contributed by atoms with E-state index in [0.717, 1.165) is 31.6 Å². The van der Waals surface area contributed by atoms with Crippen LogP contribution in [-0.4, -0.2) is 35.4 Å². The van der Waals surface area contributed by atoms with Gasteiger partial charge < -0.3 is 10.2 Å². The van der Waals surface area contributed by atoms with Crippen LogP contribution in [0.15, 0.2) is 24.5 Å². The minimum Gasteiger partial charge on any atom is -0.338 e. The Kier molecular flexibility index (Phi) is 2.81. The Morgan fingerprint density at radius 3 is 3.24 bits per heavy atom. The molecule has 2 fully saturated rings. The monoisotopic (exact) mass is 231 g/mol. The van der Waals surface area contributed by atoms with Crippen LogP contribution in [0.1, 0.15) is 12.0 Å². The summed E-state index contributed by atoms with van der Waals surface area (Å²) in [4.78, 5) is 18.3. The first-order valence-electron chi connectivity index (χ1n) is 6.23. The number of rotatable bonds is 2. The summed E-state index contributed by atoms with van der Waals surface area (Å²) in [5.74, 6) is 1.09. The molecule has 90 valence electrons. The molecule has 1 N–H and O–H groups in total. The van der Waals surface area contributed by atoms with Crippen LogP contribution in [0, 0.1) is 11.8 Å². The lowest BCUT2D eigenvalue weighted by Gasteiger charge is -2.33. The summed E-state index contributed by atoms with van der Waals surface area (Å²) >= 11 is 0. The smallest absolute Gasteiger partial charge is 0.227 e. The maximum absolute atomic E-state index is 12.3. The molecule has 2 aliphatic heterocycles. The Bertz CT molecular complexity index is 406. The molecule has 2 saturated heterocycles. The molecule has 0 unspecified atom stereocenters. The van der Waals surface area contributed by atoms with Gasteiger partial charge in [-0.05, 0) is 30.5 Å². The van der Waals surface area contributed by atoms with E-state index < -0.39 is 0 Å². The molecule has 0 spiro atoms. The van der Waals surface area contributed by atoms with E-state index in [0.29, 0.717) is 18.4 Å². The number of aromatic nitrogens is 1. The van der Waals surface area contributed by atoms with Gasteiger partial charge in [-0.15, -0.1) is 0 Å². The van der Waals surface area contributed by atoms with Crippen molar-refractivity contribution in [2.24, 2.45) is 11.8 Å². The van der Waals surface area contributed by atoms with Crippen molar-refractivity contribution < 1.29 is 4.79 Å². The minimum atomic E-state index is 0.209. The largest absolute Gasteiger partial charge is 0.338 e. The van der Waals surface area contributed by atoms with E-state index in [1.807, 2.05) is 23.2 Å². The molecule has 3 rings (SSSR count). The number of carbonyl (C=O) groups excluding carboxylic acids is 1. The second-order valence-electron chi connectivity index (χ2n) is 4.93. The van der Waals surface area contributed by atoms with Crippen molar-refractivity contribution >= 4 is 5.91 Å². The first kappa shape index (κ1) is 10.7. The molecule has 2 aliphatic rings. The predicted molar refractivity (Wildman–Crippen MR) is 64.1 cm³/mol. The lowest BCUT2D eigenvalue weighted by molar-refractivity contribution is -0.140. The van der Waals surface area contributed by atoms with Crippen LogP contribution in [0.4, 0.5) is 0 Å². The number of nitrogens with zero attached hydrogens (tertiary/aromatic N) is 2.